The normalized spacial score (nSPS) is 16.5. The van der Waals surface area contributed by atoms with Crippen LogP contribution < -0.4 is 0 Å². The molecule has 0 bridgehead atoms. The number of furan rings is 1. The first-order valence-corrected chi connectivity index (χ1v) is 15.2. The third-order valence-corrected chi connectivity index (χ3v) is 10.1. The zero-order valence-corrected chi connectivity index (χ0v) is 25.2. The Kier molecular flexibility index (Phi) is 8.81. The molecular weight excluding hydrogens is 567 g/mol. The summed E-state index contributed by atoms with van der Waals surface area (Å²) in [6, 6.07) is 13.0. The Hall–Kier alpha value is -3.37. The van der Waals surface area contributed by atoms with Crippen molar-refractivity contribution < 1.29 is 35.9 Å². The number of allylic oxidation sites excluding steroid dienone is 2. The van der Waals surface area contributed by atoms with E-state index in [1.807, 2.05) is 31.2 Å². The largest absolute Gasteiger partial charge is 0.481 e. The highest BCUT2D eigenvalue weighted by Crippen LogP contribution is 2.36. The highest BCUT2D eigenvalue weighted by molar-refractivity contribution is 7.89. The fraction of sp³-hybridized carbons (Fsp3) is 0.406. The van der Waals surface area contributed by atoms with E-state index in [0.717, 1.165) is 22.8 Å². The molecule has 1 heterocycles. The van der Waals surface area contributed by atoms with Gasteiger partial charge in [-0.2, -0.15) is 17.5 Å². The number of carboxylic acid groups (broad SMARTS) is 1. The number of hydrogen-bond acceptors (Lipinski definition) is 4. The van der Waals surface area contributed by atoms with Gasteiger partial charge in [0.1, 0.15) is 5.76 Å². The van der Waals surface area contributed by atoms with Crippen LogP contribution in [0.3, 0.4) is 0 Å². The molecule has 0 aliphatic heterocycles. The van der Waals surface area contributed by atoms with Gasteiger partial charge >= 0.3 is 12.1 Å². The van der Waals surface area contributed by atoms with Crippen molar-refractivity contribution in [1.82, 2.24) is 4.31 Å². The molecule has 0 spiro atoms. The number of carbonyl (C=O) groups is 1. The summed E-state index contributed by atoms with van der Waals surface area (Å²) in [4.78, 5) is 11.9. The first-order valence-electron chi connectivity index (χ1n) is 13.8. The van der Waals surface area contributed by atoms with Crippen LogP contribution in [0.2, 0.25) is 0 Å². The van der Waals surface area contributed by atoms with Gasteiger partial charge in [0.15, 0.2) is 0 Å². The smallest absolute Gasteiger partial charge is 0.449 e. The van der Waals surface area contributed by atoms with Gasteiger partial charge in [0.05, 0.1) is 16.9 Å². The van der Waals surface area contributed by atoms with Crippen molar-refractivity contribution in [2.75, 3.05) is 6.54 Å². The SMILES string of the molecule is Cc1cc(C)c(S(=O)(=O)N(Cc2ccc(C(F)(F)F)o2)CC2CC=C(c3cccc(C(C)(C)C(=O)O)c3)CC2)c(C)c1. The van der Waals surface area contributed by atoms with Crippen LogP contribution in [0.1, 0.15) is 72.4 Å². The molecule has 0 fully saturated rings. The molecule has 0 saturated heterocycles. The molecule has 2 aromatic carbocycles. The molecule has 3 aromatic rings. The Labute approximate surface area is 244 Å². The van der Waals surface area contributed by atoms with Gasteiger partial charge in [0.25, 0.3) is 0 Å². The Morgan fingerprint density at radius 3 is 2.26 bits per heavy atom. The van der Waals surface area contributed by atoms with Crippen molar-refractivity contribution in [2.45, 2.75) is 76.9 Å². The first-order chi connectivity index (χ1) is 19.5. The van der Waals surface area contributed by atoms with E-state index in [0.29, 0.717) is 36.0 Å². The van der Waals surface area contributed by atoms with Crippen LogP contribution in [-0.2, 0) is 33.0 Å². The highest BCUT2D eigenvalue weighted by Gasteiger charge is 2.36. The Balaban J connectivity index is 1.62. The summed E-state index contributed by atoms with van der Waals surface area (Å²) in [6.45, 7) is 8.40. The number of aliphatic carboxylic acids is 1. The van der Waals surface area contributed by atoms with Crippen molar-refractivity contribution in [3.05, 3.63) is 93.9 Å². The molecule has 0 amide bonds. The van der Waals surface area contributed by atoms with Crippen LogP contribution in [0, 0.1) is 26.7 Å². The molecule has 0 saturated carbocycles. The van der Waals surface area contributed by atoms with Crippen LogP contribution in [0.4, 0.5) is 13.2 Å². The summed E-state index contributed by atoms with van der Waals surface area (Å²) < 4.78 is 73.9. The quantitative estimate of drug-likeness (QED) is 0.271. The van der Waals surface area contributed by atoms with Crippen LogP contribution in [0.15, 0.2) is 63.9 Å². The molecule has 42 heavy (non-hydrogen) atoms. The van der Waals surface area contributed by atoms with E-state index in [4.69, 9.17) is 4.42 Å². The van der Waals surface area contributed by atoms with Crippen molar-refractivity contribution in [1.29, 1.82) is 0 Å². The fourth-order valence-corrected chi connectivity index (χ4v) is 7.47. The Morgan fingerprint density at radius 1 is 1.05 bits per heavy atom. The van der Waals surface area contributed by atoms with Crippen LogP contribution in [0.5, 0.6) is 0 Å². The van der Waals surface area contributed by atoms with Crippen molar-refractivity contribution in [2.24, 2.45) is 5.92 Å². The molecule has 1 atom stereocenters. The molecule has 6 nitrogen and oxygen atoms in total. The molecule has 1 aliphatic rings. The summed E-state index contributed by atoms with van der Waals surface area (Å²) >= 11 is 0. The molecule has 1 N–H and O–H groups in total. The van der Waals surface area contributed by atoms with Crippen molar-refractivity contribution >= 4 is 21.6 Å². The summed E-state index contributed by atoms with van der Waals surface area (Å²) in [5, 5.41) is 9.63. The highest BCUT2D eigenvalue weighted by atomic mass is 32.2. The number of rotatable bonds is 9. The lowest BCUT2D eigenvalue weighted by Crippen LogP contribution is -2.36. The second-order valence-corrected chi connectivity index (χ2v) is 13.5. The fourth-order valence-electron chi connectivity index (χ4n) is 5.58. The first kappa shape index (κ1) is 31.6. The van der Waals surface area contributed by atoms with Crippen LogP contribution in [0.25, 0.3) is 5.57 Å². The average Bonchev–Trinajstić information content (AvgIpc) is 3.37. The molecule has 10 heteroatoms. The zero-order chi connectivity index (χ0) is 31.0. The summed E-state index contributed by atoms with van der Waals surface area (Å²) in [7, 11) is -4.08. The lowest BCUT2D eigenvalue weighted by atomic mass is 9.81. The molecule has 0 radical (unpaired) electrons. The van der Waals surface area contributed by atoms with Gasteiger partial charge in [-0.05, 0) is 99.8 Å². The van der Waals surface area contributed by atoms with E-state index in [2.05, 4.69) is 0 Å². The van der Waals surface area contributed by atoms with E-state index in [9.17, 15) is 31.5 Å². The minimum absolute atomic E-state index is 0.0784. The third-order valence-electron chi connectivity index (χ3n) is 7.95. The predicted molar refractivity (Wildman–Crippen MR) is 154 cm³/mol. The molecule has 1 aliphatic carbocycles. The predicted octanol–water partition coefficient (Wildman–Crippen LogP) is 7.66. The average molecular weight is 604 g/mol. The second-order valence-electron chi connectivity index (χ2n) is 11.7. The molecule has 226 valence electrons. The molecule has 1 aromatic heterocycles. The third kappa shape index (κ3) is 6.65. The van der Waals surface area contributed by atoms with Gasteiger partial charge in [0.2, 0.25) is 15.8 Å². The van der Waals surface area contributed by atoms with Gasteiger partial charge in [0, 0.05) is 6.54 Å². The zero-order valence-electron chi connectivity index (χ0n) is 24.4. The monoisotopic (exact) mass is 603 g/mol. The number of aryl methyl sites for hydroxylation is 3. The van der Waals surface area contributed by atoms with Gasteiger partial charge < -0.3 is 9.52 Å². The summed E-state index contributed by atoms with van der Waals surface area (Å²) in [5.74, 6) is -2.25. The van der Waals surface area contributed by atoms with E-state index >= 15 is 0 Å². The number of nitrogens with zero attached hydrogens (tertiary/aromatic N) is 1. The maximum Gasteiger partial charge on any atom is 0.449 e. The number of benzene rings is 2. The van der Waals surface area contributed by atoms with E-state index in [-0.39, 0.29) is 29.7 Å². The minimum atomic E-state index is -4.67. The van der Waals surface area contributed by atoms with Crippen LogP contribution in [-0.4, -0.2) is 30.3 Å². The maximum atomic E-state index is 14.0. The van der Waals surface area contributed by atoms with Gasteiger partial charge in [-0.15, -0.1) is 0 Å². The molecule has 4 rings (SSSR count). The Bertz CT molecular complexity index is 1600. The number of hydrogen-bond donors (Lipinski definition) is 1. The van der Waals surface area contributed by atoms with Crippen molar-refractivity contribution in [3.63, 3.8) is 0 Å². The van der Waals surface area contributed by atoms with Gasteiger partial charge in [-0.25, -0.2) is 8.42 Å². The number of sulfonamides is 1. The standard InChI is InChI=1S/C32H36F3NO5S/c1-20-15-21(2)29(22(3)16-20)42(39,40)36(19-27-13-14-28(41-27)32(33,34)35)18-23-9-11-24(12-10-23)25-7-6-8-26(17-25)31(4,5)30(37)38/h6-8,11,13-17,23H,9-10,12,18-19H2,1-5H3,(H,37,38). The minimum Gasteiger partial charge on any atom is -0.481 e. The van der Waals surface area contributed by atoms with Crippen LogP contribution >= 0.6 is 0 Å². The molecule has 1 unspecified atom stereocenters. The second kappa shape index (κ2) is 11.7. The number of halogens is 3. The number of carboxylic acids is 1. The van der Waals surface area contributed by atoms with E-state index in [1.165, 1.54) is 10.4 Å². The summed E-state index contributed by atoms with van der Waals surface area (Å²) in [5.41, 5.74) is 3.67. The lowest BCUT2D eigenvalue weighted by molar-refractivity contribution is -0.153. The maximum absolute atomic E-state index is 14.0. The van der Waals surface area contributed by atoms with Gasteiger partial charge in [-0.1, -0.05) is 48.0 Å². The van der Waals surface area contributed by atoms with Gasteiger partial charge in [-0.3, -0.25) is 4.79 Å². The lowest BCUT2D eigenvalue weighted by Gasteiger charge is -2.30. The summed E-state index contributed by atoms with van der Waals surface area (Å²) in [6.07, 6.45) is -0.762. The molecular formula is C32H36F3NO5S. The van der Waals surface area contributed by atoms with E-state index in [1.54, 1.807) is 45.9 Å². The number of alkyl halides is 3. The van der Waals surface area contributed by atoms with E-state index < -0.39 is 33.3 Å². The Morgan fingerprint density at radius 2 is 1.71 bits per heavy atom. The van der Waals surface area contributed by atoms with Crippen molar-refractivity contribution in [3.8, 4) is 0 Å². The topological polar surface area (TPSA) is 87.8 Å².